The second-order valence-electron chi connectivity index (χ2n) is 5.02. The van der Waals surface area contributed by atoms with Gasteiger partial charge in [-0.15, -0.1) is 0 Å². The number of carbonyl (C=O) groups is 2. The van der Waals surface area contributed by atoms with Crippen LogP contribution in [0.15, 0.2) is 0 Å². The van der Waals surface area contributed by atoms with Gasteiger partial charge in [0.1, 0.15) is 6.04 Å². The maximum atomic E-state index is 12.3. The zero-order chi connectivity index (χ0) is 13.1. The summed E-state index contributed by atoms with van der Waals surface area (Å²) in [5.41, 5.74) is -0.462. The molecule has 0 spiro atoms. The van der Waals surface area contributed by atoms with Crippen molar-refractivity contribution in [3.8, 4) is 0 Å². The van der Waals surface area contributed by atoms with Crippen molar-refractivity contribution >= 4 is 11.9 Å². The molecule has 1 heterocycles. The van der Waals surface area contributed by atoms with Crippen LogP contribution in [0, 0.1) is 5.41 Å². The first-order valence-electron chi connectivity index (χ1n) is 6.13. The summed E-state index contributed by atoms with van der Waals surface area (Å²) in [5, 5.41) is 12.3. The van der Waals surface area contributed by atoms with E-state index in [0.717, 1.165) is 19.4 Å². The van der Waals surface area contributed by atoms with Gasteiger partial charge in [0.05, 0.1) is 5.41 Å². The Morgan fingerprint density at radius 2 is 2.18 bits per heavy atom. The number of hydrogen-bond acceptors (Lipinski definition) is 3. The van der Waals surface area contributed by atoms with E-state index in [0.29, 0.717) is 13.0 Å². The van der Waals surface area contributed by atoms with Gasteiger partial charge in [-0.2, -0.15) is 0 Å². The number of carboxylic acids is 1. The first-order chi connectivity index (χ1) is 7.92. The standard InChI is InChI=1S/C12H22N2O3/c1-4-9(10(15)16)14(3)11(17)12(2)6-5-7-13-8-12/h9,13H,4-8H2,1-3H3,(H,15,16). The van der Waals surface area contributed by atoms with Gasteiger partial charge in [-0.1, -0.05) is 6.92 Å². The van der Waals surface area contributed by atoms with Crippen molar-refractivity contribution in [2.45, 2.75) is 39.2 Å². The van der Waals surface area contributed by atoms with Crippen LogP contribution in [0.3, 0.4) is 0 Å². The molecule has 1 amide bonds. The maximum Gasteiger partial charge on any atom is 0.326 e. The number of rotatable bonds is 4. The largest absolute Gasteiger partial charge is 0.480 e. The van der Waals surface area contributed by atoms with Crippen LogP contribution < -0.4 is 5.32 Å². The summed E-state index contributed by atoms with van der Waals surface area (Å²) in [6.07, 6.45) is 2.21. The Kier molecular flexibility index (Phi) is 4.51. The van der Waals surface area contributed by atoms with Crippen LogP contribution in [0.1, 0.15) is 33.1 Å². The quantitative estimate of drug-likeness (QED) is 0.761. The van der Waals surface area contributed by atoms with Crippen molar-refractivity contribution in [3.63, 3.8) is 0 Å². The molecule has 2 N–H and O–H groups in total. The monoisotopic (exact) mass is 242 g/mol. The van der Waals surface area contributed by atoms with Crippen LogP contribution in [0.5, 0.6) is 0 Å². The lowest BCUT2D eigenvalue weighted by atomic mass is 9.81. The average Bonchev–Trinajstić information content (AvgIpc) is 2.29. The third kappa shape index (κ3) is 2.97. The lowest BCUT2D eigenvalue weighted by molar-refractivity contribution is -0.154. The fourth-order valence-corrected chi connectivity index (χ4v) is 2.42. The first kappa shape index (κ1) is 14.0. The zero-order valence-corrected chi connectivity index (χ0v) is 10.8. The number of amides is 1. The summed E-state index contributed by atoms with van der Waals surface area (Å²) in [6.45, 7) is 5.26. The minimum atomic E-state index is -0.935. The van der Waals surface area contributed by atoms with Crippen molar-refractivity contribution in [3.05, 3.63) is 0 Å². The number of nitrogens with one attached hydrogen (secondary N) is 1. The summed E-state index contributed by atoms with van der Waals surface area (Å²) < 4.78 is 0. The summed E-state index contributed by atoms with van der Waals surface area (Å²) in [7, 11) is 1.59. The molecule has 0 aromatic carbocycles. The number of carbonyl (C=O) groups excluding carboxylic acids is 1. The second-order valence-corrected chi connectivity index (χ2v) is 5.02. The van der Waals surface area contributed by atoms with Crippen LogP contribution >= 0.6 is 0 Å². The number of likely N-dealkylation sites (N-methyl/N-ethyl adjacent to an activating group) is 1. The smallest absolute Gasteiger partial charge is 0.326 e. The molecule has 5 nitrogen and oxygen atoms in total. The molecule has 1 fully saturated rings. The van der Waals surface area contributed by atoms with Gasteiger partial charge in [0, 0.05) is 13.6 Å². The van der Waals surface area contributed by atoms with Crippen molar-refractivity contribution in [1.82, 2.24) is 10.2 Å². The lowest BCUT2D eigenvalue weighted by Crippen LogP contribution is -2.53. The normalized spacial score (nSPS) is 26.3. The van der Waals surface area contributed by atoms with Gasteiger partial charge in [0.25, 0.3) is 0 Å². The number of hydrogen-bond donors (Lipinski definition) is 2. The topological polar surface area (TPSA) is 69.6 Å². The Balaban J connectivity index is 2.77. The average molecular weight is 242 g/mol. The predicted molar refractivity (Wildman–Crippen MR) is 64.7 cm³/mol. The zero-order valence-electron chi connectivity index (χ0n) is 10.8. The van der Waals surface area contributed by atoms with Gasteiger partial charge >= 0.3 is 5.97 Å². The Morgan fingerprint density at radius 1 is 1.53 bits per heavy atom. The van der Waals surface area contributed by atoms with E-state index >= 15 is 0 Å². The first-order valence-corrected chi connectivity index (χ1v) is 6.13. The third-order valence-corrected chi connectivity index (χ3v) is 3.57. The molecule has 0 saturated carbocycles. The molecule has 1 rings (SSSR count). The fraction of sp³-hybridized carbons (Fsp3) is 0.833. The Hall–Kier alpha value is -1.10. The van der Waals surface area contributed by atoms with Gasteiger partial charge < -0.3 is 15.3 Å². The lowest BCUT2D eigenvalue weighted by Gasteiger charge is -2.37. The molecule has 0 aromatic heterocycles. The molecule has 0 aliphatic carbocycles. The van der Waals surface area contributed by atoms with Gasteiger partial charge in [0.15, 0.2) is 0 Å². The van der Waals surface area contributed by atoms with Gasteiger partial charge in [-0.05, 0) is 32.7 Å². The molecule has 1 saturated heterocycles. The number of piperidine rings is 1. The van der Waals surface area contributed by atoms with E-state index in [9.17, 15) is 9.59 Å². The van der Waals surface area contributed by atoms with Crippen molar-refractivity contribution in [2.75, 3.05) is 20.1 Å². The summed E-state index contributed by atoms with van der Waals surface area (Å²) in [4.78, 5) is 24.8. The highest BCUT2D eigenvalue weighted by Gasteiger charge is 2.39. The fourth-order valence-electron chi connectivity index (χ4n) is 2.42. The summed E-state index contributed by atoms with van der Waals surface area (Å²) in [6, 6.07) is -0.721. The molecule has 0 aromatic rings. The highest BCUT2D eigenvalue weighted by molar-refractivity contribution is 5.87. The molecule has 2 atom stereocenters. The minimum Gasteiger partial charge on any atom is -0.480 e. The Morgan fingerprint density at radius 3 is 2.59 bits per heavy atom. The highest BCUT2D eigenvalue weighted by atomic mass is 16.4. The van der Waals surface area contributed by atoms with E-state index in [1.165, 1.54) is 4.90 Å². The molecular weight excluding hydrogens is 220 g/mol. The van der Waals surface area contributed by atoms with E-state index in [1.54, 1.807) is 14.0 Å². The maximum absolute atomic E-state index is 12.3. The van der Waals surface area contributed by atoms with Crippen LogP contribution in [0.4, 0.5) is 0 Å². The highest BCUT2D eigenvalue weighted by Crippen LogP contribution is 2.28. The van der Waals surface area contributed by atoms with E-state index in [2.05, 4.69) is 5.32 Å². The third-order valence-electron chi connectivity index (χ3n) is 3.57. The van der Waals surface area contributed by atoms with E-state index in [-0.39, 0.29) is 5.91 Å². The SMILES string of the molecule is CCC(C(=O)O)N(C)C(=O)C1(C)CCCNC1. The van der Waals surface area contributed by atoms with Crippen molar-refractivity contribution in [2.24, 2.45) is 5.41 Å². The number of nitrogens with zero attached hydrogens (tertiary/aromatic N) is 1. The van der Waals surface area contributed by atoms with Crippen LogP contribution in [0.2, 0.25) is 0 Å². The van der Waals surface area contributed by atoms with E-state index in [1.807, 2.05) is 6.92 Å². The molecule has 0 bridgehead atoms. The Bertz CT molecular complexity index is 298. The molecular formula is C12H22N2O3. The van der Waals surface area contributed by atoms with Crippen molar-refractivity contribution < 1.29 is 14.7 Å². The minimum absolute atomic E-state index is 0.0704. The molecule has 98 valence electrons. The second kappa shape index (κ2) is 5.49. The molecule has 2 unspecified atom stereocenters. The summed E-state index contributed by atoms with van der Waals surface area (Å²) >= 11 is 0. The van der Waals surface area contributed by atoms with Crippen LogP contribution in [0.25, 0.3) is 0 Å². The predicted octanol–water partition coefficient (Wildman–Crippen LogP) is 0.698. The number of carboxylic acid groups (broad SMARTS) is 1. The summed E-state index contributed by atoms with van der Waals surface area (Å²) in [5.74, 6) is -1.00. The van der Waals surface area contributed by atoms with Gasteiger partial charge in [0.2, 0.25) is 5.91 Å². The molecule has 1 aliphatic rings. The van der Waals surface area contributed by atoms with Crippen LogP contribution in [-0.2, 0) is 9.59 Å². The number of aliphatic carboxylic acids is 1. The van der Waals surface area contributed by atoms with Crippen molar-refractivity contribution in [1.29, 1.82) is 0 Å². The molecule has 5 heteroatoms. The van der Waals surface area contributed by atoms with Gasteiger partial charge in [-0.3, -0.25) is 4.79 Å². The molecule has 17 heavy (non-hydrogen) atoms. The van der Waals surface area contributed by atoms with E-state index < -0.39 is 17.4 Å². The Labute approximate surface area is 102 Å². The molecule has 0 radical (unpaired) electrons. The van der Waals surface area contributed by atoms with Crippen LogP contribution in [-0.4, -0.2) is 48.1 Å². The molecule has 1 aliphatic heterocycles. The van der Waals surface area contributed by atoms with Gasteiger partial charge in [-0.25, -0.2) is 4.79 Å². The van der Waals surface area contributed by atoms with E-state index in [4.69, 9.17) is 5.11 Å².